The van der Waals surface area contributed by atoms with E-state index in [1.807, 2.05) is 19.1 Å². The summed E-state index contributed by atoms with van der Waals surface area (Å²) in [4.78, 5) is 1.75. The predicted octanol–water partition coefficient (Wildman–Crippen LogP) is -0.131. The van der Waals surface area contributed by atoms with E-state index in [2.05, 4.69) is 5.32 Å². The van der Waals surface area contributed by atoms with Gasteiger partial charge < -0.3 is 19.7 Å². The van der Waals surface area contributed by atoms with Crippen LogP contribution < -0.4 is 5.32 Å². The summed E-state index contributed by atoms with van der Waals surface area (Å²) >= 11 is 0. The van der Waals surface area contributed by atoms with Crippen molar-refractivity contribution in [3.05, 3.63) is 11.4 Å². The van der Waals surface area contributed by atoms with E-state index in [4.69, 9.17) is 20.0 Å². The molecular formula is C10H12N4O2. The number of likely N-dealkylation sites (N-methyl/N-ethyl adjacent to an activating group) is 1. The molecule has 0 unspecified atom stereocenters. The lowest BCUT2D eigenvalue weighted by molar-refractivity contribution is -0.200. The Morgan fingerprint density at radius 2 is 2.12 bits per heavy atom. The molecule has 2 aliphatic rings. The third-order valence-electron chi connectivity index (χ3n) is 2.60. The highest BCUT2D eigenvalue weighted by Crippen LogP contribution is 2.24. The fourth-order valence-corrected chi connectivity index (χ4v) is 1.90. The van der Waals surface area contributed by atoms with Crippen molar-refractivity contribution in [2.45, 2.75) is 19.4 Å². The van der Waals surface area contributed by atoms with Gasteiger partial charge in [-0.1, -0.05) is 0 Å². The minimum atomic E-state index is -0.375. The van der Waals surface area contributed by atoms with E-state index >= 15 is 0 Å². The van der Waals surface area contributed by atoms with Crippen LogP contribution in [0.1, 0.15) is 6.92 Å². The molecule has 6 heteroatoms. The molecule has 1 fully saturated rings. The second kappa shape index (κ2) is 4.40. The topological polar surface area (TPSA) is 81.3 Å². The summed E-state index contributed by atoms with van der Waals surface area (Å²) < 4.78 is 11.0. The van der Waals surface area contributed by atoms with E-state index in [0.29, 0.717) is 25.5 Å². The molecule has 1 N–H and O–H groups in total. The van der Waals surface area contributed by atoms with Crippen molar-refractivity contribution in [3.8, 4) is 12.1 Å². The fourth-order valence-electron chi connectivity index (χ4n) is 1.90. The average molecular weight is 220 g/mol. The van der Waals surface area contributed by atoms with Crippen LogP contribution >= 0.6 is 0 Å². The van der Waals surface area contributed by atoms with Gasteiger partial charge in [0.15, 0.2) is 18.2 Å². The smallest absolute Gasteiger partial charge is 0.176 e. The Morgan fingerprint density at radius 1 is 1.38 bits per heavy atom. The number of rotatable bonds is 1. The first-order chi connectivity index (χ1) is 7.81. The Kier molecular flexibility index (Phi) is 2.95. The highest BCUT2D eigenvalue weighted by molar-refractivity contribution is 5.37. The van der Waals surface area contributed by atoms with Crippen molar-refractivity contribution in [1.29, 1.82) is 10.5 Å². The molecule has 1 saturated heterocycles. The van der Waals surface area contributed by atoms with Gasteiger partial charge in [-0.2, -0.15) is 10.5 Å². The summed E-state index contributed by atoms with van der Waals surface area (Å²) in [6.45, 7) is 3.50. The van der Waals surface area contributed by atoms with Gasteiger partial charge in [0.05, 0.1) is 13.2 Å². The van der Waals surface area contributed by atoms with E-state index in [1.165, 1.54) is 0 Å². The van der Waals surface area contributed by atoms with Crippen LogP contribution in [0.25, 0.3) is 0 Å². The second-order valence-electron chi connectivity index (χ2n) is 3.43. The molecule has 0 amide bonds. The van der Waals surface area contributed by atoms with E-state index in [9.17, 15) is 0 Å². The number of fused-ring (bicyclic) bond motifs is 1. The van der Waals surface area contributed by atoms with Crippen LogP contribution in [0.15, 0.2) is 11.4 Å². The maximum absolute atomic E-state index is 9.05. The molecule has 84 valence electrons. The van der Waals surface area contributed by atoms with Crippen molar-refractivity contribution in [2.75, 3.05) is 19.8 Å². The molecule has 0 saturated carbocycles. The lowest BCUT2D eigenvalue weighted by Gasteiger charge is -2.43. The normalized spacial score (nSPS) is 28.8. The van der Waals surface area contributed by atoms with Gasteiger partial charge in [-0.3, -0.25) is 0 Å². The first-order valence-electron chi connectivity index (χ1n) is 5.12. The van der Waals surface area contributed by atoms with E-state index in [0.717, 1.165) is 0 Å². The zero-order chi connectivity index (χ0) is 11.5. The van der Waals surface area contributed by atoms with Crippen LogP contribution in [0.3, 0.4) is 0 Å². The molecule has 2 atom stereocenters. The molecule has 2 rings (SSSR count). The van der Waals surface area contributed by atoms with Gasteiger partial charge in [0.25, 0.3) is 0 Å². The maximum Gasteiger partial charge on any atom is 0.176 e. The largest absolute Gasteiger partial charge is 0.351 e. The molecule has 2 aliphatic heterocycles. The monoisotopic (exact) mass is 220 g/mol. The molecule has 0 aromatic carbocycles. The molecule has 0 aromatic rings. The first kappa shape index (κ1) is 10.7. The van der Waals surface area contributed by atoms with E-state index in [1.54, 1.807) is 4.90 Å². The standard InChI is InChI=1S/C10H12N4O2/c1-2-14-8(6-12)7(5-11)13-9-10(14)16-4-3-15-9/h9-10,13H,2-4H2,1H3/t9-,10-/m1/s1. The average Bonchev–Trinajstić information content (AvgIpc) is 2.36. The van der Waals surface area contributed by atoms with Gasteiger partial charge >= 0.3 is 0 Å². The minimum absolute atomic E-state index is 0.246. The molecule has 0 spiro atoms. The second-order valence-corrected chi connectivity index (χ2v) is 3.43. The van der Waals surface area contributed by atoms with Crippen LogP contribution in [-0.4, -0.2) is 37.1 Å². The molecule has 2 heterocycles. The van der Waals surface area contributed by atoms with Gasteiger partial charge in [0.1, 0.15) is 17.8 Å². The summed E-state index contributed by atoms with van der Waals surface area (Å²) in [6.07, 6.45) is -0.703. The molecule has 0 radical (unpaired) electrons. The predicted molar refractivity (Wildman–Crippen MR) is 53.2 cm³/mol. The molecule has 16 heavy (non-hydrogen) atoms. The summed E-state index contributed by atoms with van der Waals surface area (Å²) in [5.41, 5.74) is 0.563. The highest BCUT2D eigenvalue weighted by Gasteiger charge is 2.38. The van der Waals surface area contributed by atoms with Gasteiger partial charge in [-0.05, 0) is 6.92 Å². The Morgan fingerprint density at radius 3 is 2.75 bits per heavy atom. The zero-order valence-corrected chi connectivity index (χ0v) is 8.93. The minimum Gasteiger partial charge on any atom is -0.351 e. The van der Waals surface area contributed by atoms with Crippen molar-refractivity contribution in [3.63, 3.8) is 0 Å². The number of hydrogen-bond donors (Lipinski definition) is 1. The van der Waals surface area contributed by atoms with Crippen LogP contribution in [-0.2, 0) is 9.47 Å². The number of ether oxygens (including phenoxy) is 2. The van der Waals surface area contributed by atoms with Crippen LogP contribution in [0.5, 0.6) is 0 Å². The van der Waals surface area contributed by atoms with Crippen molar-refractivity contribution in [2.24, 2.45) is 0 Å². The quantitative estimate of drug-likeness (QED) is 0.663. The zero-order valence-electron chi connectivity index (χ0n) is 8.93. The van der Waals surface area contributed by atoms with Gasteiger partial charge in [-0.15, -0.1) is 0 Å². The van der Waals surface area contributed by atoms with Gasteiger partial charge in [-0.25, -0.2) is 0 Å². The lowest BCUT2D eigenvalue weighted by Crippen LogP contribution is -2.59. The summed E-state index contributed by atoms with van der Waals surface area (Å²) in [5, 5.41) is 20.9. The Labute approximate surface area is 93.6 Å². The Balaban J connectivity index is 2.36. The third-order valence-corrected chi connectivity index (χ3v) is 2.60. The van der Waals surface area contributed by atoms with Crippen LogP contribution in [0.2, 0.25) is 0 Å². The lowest BCUT2D eigenvalue weighted by atomic mass is 10.2. The number of nitrogens with zero attached hydrogens (tertiary/aromatic N) is 3. The van der Waals surface area contributed by atoms with Crippen LogP contribution in [0, 0.1) is 22.7 Å². The Hall–Kier alpha value is -1.76. The molecule has 0 aromatic heterocycles. The number of allylic oxidation sites excluding steroid dienone is 2. The molecule has 0 aliphatic carbocycles. The highest BCUT2D eigenvalue weighted by atomic mass is 16.6. The summed E-state index contributed by atoms with van der Waals surface area (Å²) in [7, 11) is 0. The first-order valence-corrected chi connectivity index (χ1v) is 5.12. The third kappa shape index (κ3) is 1.58. The fraction of sp³-hybridized carbons (Fsp3) is 0.600. The van der Waals surface area contributed by atoms with Crippen molar-refractivity contribution in [1.82, 2.24) is 10.2 Å². The Bertz CT molecular complexity index is 393. The van der Waals surface area contributed by atoms with Crippen LogP contribution in [0.4, 0.5) is 0 Å². The SMILES string of the molecule is CCN1C(C#N)=C(C#N)N[C@@H]2OCCO[C@H]21. The van der Waals surface area contributed by atoms with E-state index < -0.39 is 0 Å². The summed E-state index contributed by atoms with van der Waals surface area (Å²) in [6, 6.07) is 4.00. The molecular weight excluding hydrogens is 208 g/mol. The van der Waals surface area contributed by atoms with Crippen molar-refractivity contribution >= 4 is 0 Å². The maximum atomic E-state index is 9.05. The summed E-state index contributed by atoms with van der Waals surface area (Å²) in [5.74, 6) is 0. The van der Waals surface area contributed by atoms with Crippen molar-refractivity contribution < 1.29 is 9.47 Å². The number of nitrogens with one attached hydrogen (secondary N) is 1. The molecule has 6 nitrogen and oxygen atoms in total. The van der Waals surface area contributed by atoms with Gasteiger partial charge in [0, 0.05) is 6.54 Å². The van der Waals surface area contributed by atoms with E-state index in [-0.39, 0.29) is 18.2 Å². The van der Waals surface area contributed by atoms with Gasteiger partial charge in [0.2, 0.25) is 0 Å². The number of hydrogen-bond acceptors (Lipinski definition) is 6. The molecule has 0 bridgehead atoms. The number of nitriles is 2.